The highest BCUT2D eigenvalue weighted by molar-refractivity contribution is 14.0. The maximum absolute atomic E-state index is 12.6. The Labute approximate surface area is 204 Å². The third-order valence-electron chi connectivity index (χ3n) is 5.03. The van der Waals surface area contributed by atoms with Crippen LogP contribution >= 0.6 is 24.0 Å². The summed E-state index contributed by atoms with van der Waals surface area (Å²) in [5, 5.41) is 6.44. The standard InChI is InChI=1S/C21H29F2N7O.HI/c1-16-4-5-18(31-19(22)23)17(14-16)15-28-20(24-2)25-8-9-29-10-12-30(13-11-29)21-26-6-3-7-27-21;/h3-7,14,19H,8-13,15H2,1-2H3,(H2,24,25,28);1H. The molecular weight excluding hydrogens is 531 g/mol. The van der Waals surface area contributed by atoms with Crippen LogP contribution in [0.15, 0.2) is 41.7 Å². The first-order chi connectivity index (χ1) is 15.0. The van der Waals surface area contributed by atoms with E-state index in [-0.39, 0.29) is 29.7 Å². The van der Waals surface area contributed by atoms with Gasteiger partial charge in [-0.05, 0) is 19.1 Å². The van der Waals surface area contributed by atoms with Crippen LogP contribution in [0.5, 0.6) is 5.75 Å². The summed E-state index contributed by atoms with van der Waals surface area (Å²) < 4.78 is 29.9. The second-order valence-corrected chi connectivity index (χ2v) is 7.22. The fraction of sp³-hybridized carbons (Fsp3) is 0.476. The van der Waals surface area contributed by atoms with Gasteiger partial charge in [-0.1, -0.05) is 17.7 Å². The third kappa shape index (κ3) is 8.01. The lowest BCUT2D eigenvalue weighted by atomic mass is 10.1. The van der Waals surface area contributed by atoms with Crippen LogP contribution in [0.1, 0.15) is 11.1 Å². The second-order valence-electron chi connectivity index (χ2n) is 7.22. The van der Waals surface area contributed by atoms with Crippen LogP contribution in [0.3, 0.4) is 0 Å². The van der Waals surface area contributed by atoms with Crippen LogP contribution in [0.2, 0.25) is 0 Å². The smallest absolute Gasteiger partial charge is 0.387 e. The summed E-state index contributed by atoms with van der Waals surface area (Å²) in [4.78, 5) is 17.4. The number of halogens is 3. The molecule has 2 heterocycles. The second kappa shape index (κ2) is 13.3. The Morgan fingerprint density at radius 1 is 1.16 bits per heavy atom. The number of hydrogen-bond donors (Lipinski definition) is 2. The Morgan fingerprint density at radius 2 is 1.88 bits per heavy atom. The number of rotatable bonds is 8. The van der Waals surface area contributed by atoms with Crippen molar-refractivity contribution in [3.8, 4) is 5.75 Å². The highest BCUT2D eigenvalue weighted by atomic mass is 127. The highest BCUT2D eigenvalue weighted by Gasteiger charge is 2.18. The first-order valence-corrected chi connectivity index (χ1v) is 10.3. The van der Waals surface area contributed by atoms with Gasteiger partial charge in [0, 0.05) is 70.8 Å². The molecule has 1 aromatic carbocycles. The molecule has 2 N–H and O–H groups in total. The number of anilines is 1. The van der Waals surface area contributed by atoms with Crippen molar-refractivity contribution in [3.63, 3.8) is 0 Å². The Bertz CT molecular complexity index is 849. The average Bonchev–Trinajstić information content (AvgIpc) is 2.78. The van der Waals surface area contributed by atoms with Crippen LogP contribution in [0.25, 0.3) is 0 Å². The molecule has 176 valence electrons. The first-order valence-electron chi connectivity index (χ1n) is 10.3. The molecule has 11 heteroatoms. The number of nitrogens with one attached hydrogen (secondary N) is 2. The summed E-state index contributed by atoms with van der Waals surface area (Å²) in [5.41, 5.74) is 1.63. The van der Waals surface area contributed by atoms with Gasteiger partial charge in [-0.2, -0.15) is 8.78 Å². The molecule has 1 saturated heterocycles. The minimum Gasteiger partial charge on any atom is -0.434 e. The van der Waals surface area contributed by atoms with E-state index in [0.717, 1.165) is 50.8 Å². The lowest BCUT2D eigenvalue weighted by Crippen LogP contribution is -2.49. The van der Waals surface area contributed by atoms with Crippen molar-refractivity contribution in [3.05, 3.63) is 47.8 Å². The van der Waals surface area contributed by atoms with E-state index in [4.69, 9.17) is 0 Å². The highest BCUT2D eigenvalue weighted by Crippen LogP contribution is 2.22. The van der Waals surface area contributed by atoms with Gasteiger partial charge in [-0.25, -0.2) is 9.97 Å². The zero-order chi connectivity index (χ0) is 22.1. The number of nitrogens with zero attached hydrogens (tertiary/aromatic N) is 5. The monoisotopic (exact) mass is 561 g/mol. The Hall–Kier alpha value is -2.28. The molecule has 0 radical (unpaired) electrons. The molecule has 0 bridgehead atoms. The number of benzene rings is 1. The number of aryl methyl sites for hydroxylation is 1. The number of piperazine rings is 1. The number of alkyl halides is 2. The molecule has 32 heavy (non-hydrogen) atoms. The van der Waals surface area contributed by atoms with Crippen molar-refractivity contribution in [1.29, 1.82) is 0 Å². The van der Waals surface area contributed by atoms with Crippen LogP contribution in [-0.2, 0) is 6.54 Å². The van der Waals surface area contributed by atoms with Gasteiger partial charge in [0.1, 0.15) is 5.75 Å². The molecule has 0 spiro atoms. The predicted octanol–water partition coefficient (Wildman–Crippen LogP) is 2.49. The molecule has 0 unspecified atom stereocenters. The summed E-state index contributed by atoms with van der Waals surface area (Å²) in [6.45, 7) is 4.62. The first kappa shape index (κ1) is 26.0. The van der Waals surface area contributed by atoms with Gasteiger partial charge in [0.05, 0.1) is 0 Å². The normalized spacial score (nSPS) is 14.8. The maximum atomic E-state index is 12.6. The number of aliphatic imine (C=N–C) groups is 1. The lowest BCUT2D eigenvalue weighted by molar-refractivity contribution is -0.0504. The quantitative estimate of drug-likeness (QED) is 0.292. The fourth-order valence-corrected chi connectivity index (χ4v) is 3.42. The molecular formula is C21H30F2IN7O. The van der Waals surface area contributed by atoms with E-state index in [1.54, 1.807) is 31.6 Å². The molecule has 0 atom stereocenters. The molecule has 0 saturated carbocycles. The third-order valence-corrected chi connectivity index (χ3v) is 5.03. The summed E-state index contributed by atoms with van der Waals surface area (Å²) in [6.07, 6.45) is 3.52. The van der Waals surface area contributed by atoms with Crippen molar-refractivity contribution in [1.82, 2.24) is 25.5 Å². The van der Waals surface area contributed by atoms with E-state index in [2.05, 4.69) is 40.1 Å². The van der Waals surface area contributed by atoms with E-state index in [1.807, 2.05) is 19.1 Å². The van der Waals surface area contributed by atoms with Gasteiger partial charge in [0.15, 0.2) is 5.96 Å². The molecule has 0 amide bonds. The Kier molecular flexibility index (Phi) is 10.8. The molecule has 1 aromatic heterocycles. The number of guanidine groups is 1. The summed E-state index contributed by atoms with van der Waals surface area (Å²) in [5.74, 6) is 1.56. The average molecular weight is 561 g/mol. The van der Waals surface area contributed by atoms with Gasteiger partial charge in [0.2, 0.25) is 5.95 Å². The summed E-state index contributed by atoms with van der Waals surface area (Å²) >= 11 is 0. The van der Waals surface area contributed by atoms with Crippen molar-refractivity contribution in [2.75, 3.05) is 51.2 Å². The summed E-state index contributed by atoms with van der Waals surface area (Å²) in [6, 6.07) is 6.96. The largest absolute Gasteiger partial charge is 0.434 e. The minimum absolute atomic E-state index is 0. The van der Waals surface area contributed by atoms with E-state index in [0.29, 0.717) is 18.1 Å². The lowest BCUT2D eigenvalue weighted by Gasteiger charge is -2.34. The molecule has 0 aliphatic carbocycles. The van der Waals surface area contributed by atoms with Crippen LogP contribution in [-0.4, -0.2) is 73.8 Å². The molecule has 8 nitrogen and oxygen atoms in total. The van der Waals surface area contributed by atoms with E-state index in [1.165, 1.54) is 0 Å². The summed E-state index contributed by atoms with van der Waals surface area (Å²) in [7, 11) is 1.68. The van der Waals surface area contributed by atoms with E-state index < -0.39 is 6.61 Å². The topological polar surface area (TPSA) is 77.9 Å². The zero-order valence-corrected chi connectivity index (χ0v) is 20.6. The number of hydrogen-bond acceptors (Lipinski definition) is 6. The van der Waals surface area contributed by atoms with Crippen molar-refractivity contribution >= 4 is 35.9 Å². The molecule has 1 fully saturated rings. The van der Waals surface area contributed by atoms with Crippen LogP contribution in [0, 0.1) is 6.92 Å². The van der Waals surface area contributed by atoms with Gasteiger partial charge >= 0.3 is 6.61 Å². The minimum atomic E-state index is -2.85. The fourth-order valence-electron chi connectivity index (χ4n) is 3.42. The number of aromatic nitrogens is 2. The molecule has 3 rings (SSSR count). The SMILES string of the molecule is CN=C(NCCN1CCN(c2ncccn2)CC1)NCc1cc(C)ccc1OC(F)F.I. The van der Waals surface area contributed by atoms with Crippen molar-refractivity contribution in [2.24, 2.45) is 4.99 Å². The van der Waals surface area contributed by atoms with Crippen molar-refractivity contribution < 1.29 is 13.5 Å². The van der Waals surface area contributed by atoms with Crippen LogP contribution in [0.4, 0.5) is 14.7 Å². The Morgan fingerprint density at radius 3 is 2.53 bits per heavy atom. The van der Waals surface area contributed by atoms with E-state index >= 15 is 0 Å². The molecule has 1 aliphatic heterocycles. The van der Waals surface area contributed by atoms with Crippen molar-refractivity contribution in [2.45, 2.75) is 20.1 Å². The predicted molar refractivity (Wildman–Crippen MR) is 132 cm³/mol. The molecule has 2 aromatic rings. The van der Waals surface area contributed by atoms with Gasteiger partial charge in [0.25, 0.3) is 0 Å². The van der Waals surface area contributed by atoms with Crippen LogP contribution < -0.4 is 20.3 Å². The Balaban J connectivity index is 0.00000363. The molecule has 1 aliphatic rings. The van der Waals surface area contributed by atoms with Gasteiger partial charge in [-0.3, -0.25) is 9.89 Å². The van der Waals surface area contributed by atoms with Gasteiger partial charge in [-0.15, -0.1) is 24.0 Å². The maximum Gasteiger partial charge on any atom is 0.387 e. The zero-order valence-electron chi connectivity index (χ0n) is 18.3. The van der Waals surface area contributed by atoms with Gasteiger partial charge < -0.3 is 20.3 Å². The van der Waals surface area contributed by atoms with E-state index in [9.17, 15) is 8.78 Å². The number of ether oxygens (including phenoxy) is 1.